The van der Waals surface area contributed by atoms with E-state index in [1.165, 1.54) is 43.4 Å². The van der Waals surface area contributed by atoms with E-state index >= 15 is 0 Å². The van der Waals surface area contributed by atoms with Crippen molar-refractivity contribution in [2.75, 3.05) is 0 Å². The van der Waals surface area contributed by atoms with Crippen molar-refractivity contribution >= 4 is 61.7 Å². The van der Waals surface area contributed by atoms with Crippen molar-refractivity contribution in [3.8, 4) is 39.6 Å². The molecule has 0 bridgehead atoms. The van der Waals surface area contributed by atoms with E-state index in [0.717, 1.165) is 44.3 Å². The van der Waals surface area contributed by atoms with Crippen LogP contribution in [0.3, 0.4) is 0 Å². The Morgan fingerprint density at radius 3 is 1.64 bits per heavy atom. The van der Waals surface area contributed by atoms with Gasteiger partial charge in [0.25, 0.3) is 0 Å². The zero-order valence-electron chi connectivity index (χ0n) is 34.9. The smallest absolute Gasteiger partial charge is 0.216 e. The average molecular weight is 752 g/mol. The Labute approximate surface area is 321 Å². The van der Waals surface area contributed by atoms with E-state index in [1.54, 1.807) is 0 Å². The minimum atomic E-state index is -1.81. The van der Waals surface area contributed by atoms with E-state index in [0.29, 0.717) is 17.4 Å². The number of benzene rings is 4. The molecular formula is C47H59N2OSi3+. The molecule has 0 fully saturated rings. The molecule has 6 rings (SSSR count). The van der Waals surface area contributed by atoms with Crippen LogP contribution in [0.2, 0.25) is 58.9 Å². The van der Waals surface area contributed by atoms with Crippen molar-refractivity contribution in [1.29, 1.82) is 5.26 Å². The van der Waals surface area contributed by atoms with Gasteiger partial charge in [-0.3, -0.25) is 0 Å². The summed E-state index contributed by atoms with van der Waals surface area (Å²) in [5, 5.41) is 16.9. The molecule has 2 aromatic heterocycles. The molecule has 274 valence electrons. The van der Waals surface area contributed by atoms with Crippen LogP contribution < -0.4 is 20.1 Å². The monoisotopic (exact) mass is 751 g/mol. The van der Waals surface area contributed by atoms with E-state index in [1.807, 2.05) is 6.07 Å². The zero-order chi connectivity index (χ0) is 38.9. The molecule has 0 aliphatic heterocycles. The fourth-order valence-electron chi connectivity index (χ4n) is 7.88. The molecule has 0 saturated carbocycles. The van der Waals surface area contributed by atoms with E-state index < -0.39 is 24.2 Å². The van der Waals surface area contributed by atoms with Crippen molar-refractivity contribution in [1.82, 2.24) is 0 Å². The van der Waals surface area contributed by atoms with Crippen LogP contribution in [-0.2, 0) is 7.05 Å². The standard InChI is InChI=1S/C47H59N2OSi3/c1-29(2)38-24-35(52(10,11)12)25-39(30(3)4)45(38)40-26-41(49(6)28-42(40)53(13,14)15)43-31(5)16-22-36-37-23-19-33(27-48)44(47(37)50-46(36)43)32-17-20-34(21-18-32)51(7,8)9/h16-26,28-30H,1-15H3/q+1. The Hall–Kier alpha value is -4.03. The molecule has 0 amide bonds. The SMILES string of the molecule is Cc1ccc2c(oc3c(-c4ccc([Si](C)(C)C)cc4)c(C#N)ccc32)c1-c1cc(-c2c(C(C)C)cc([Si](C)(C)C)cc2C(C)C)c([Si](C)(C)C)c[n+]1C. The quantitative estimate of drug-likeness (QED) is 0.115. The van der Waals surface area contributed by atoms with Gasteiger partial charge in [-0.15, -0.1) is 0 Å². The number of furan rings is 1. The second kappa shape index (κ2) is 13.7. The highest BCUT2D eigenvalue weighted by molar-refractivity contribution is 6.90. The van der Waals surface area contributed by atoms with Crippen molar-refractivity contribution in [2.24, 2.45) is 7.05 Å². The van der Waals surface area contributed by atoms with Crippen LogP contribution in [-0.4, -0.2) is 24.2 Å². The second-order valence-corrected chi connectivity index (χ2v) is 34.2. The fraction of sp³-hybridized carbons (Fsp3) is 0.362. The number of nitrogens with zero attached hydrogens (tertiary/aromatic N) is 2. The summed E-state index contributed by atoms with van der Waals surface area (Å²) in [4.78, 5) is 0. The van der Waals surface area contributed by atoms with Crippen molar-refractivity contribution in [2.45, 2.75) is 105 Å². The van der Waals surface area contributed by atoms with Crippen molar-refractivity contribution in [3.63, 3.8) is 0 Å². The predicted molar refractivity (Wildman–Crippen MR) is 238 cm³/mol. The van der Waals surface area contributed by atoms with Gasteiger partial charge in [-0.05, 0) is 64.3 Å². The van der Waals surface area contributed by atoms with Crippen LogP contribution in [0.25, 0.3) is 55.4 Å². The first-order valence-corrected chi connectivity index (χ1v) is 29.9. The molecule has 0 saturated heterocycles. The first kappa shape index (κ1) is 38.7. The number of pyridine rings is 1. The van der Waals surface area contributed by atoms with Gasteiger partial charge >= 0.3 is 0 Å². The number of aryl methyl sites for hydroxylation is 2. The molecule has 6 aromatic rings. The van der Waals surface area contributed by atoms with Gasteiger partial charge in [-0.1, -0.05) is 146 Å². The highest BCUT2D eigenvalue weighted by atomic mass is 28.3. The molecule has 0 radical (unpaired) electrons. The molecule has 0 atom stereocenters. The first-order chi connectivity index (χ1) is 24.6. The molecule has 0 aliphatic carbocycles. The van der Waals surface area contributed by atoms with Gasteiger partial charge in [0.05, 0.1) is 41.4 Å². The van der Waals surface area contributed by atoms with Crippen LogP contribution in [0, 0.1) is 18.3 Å². The Morgan fingerprint density at radius 1 is 0.623 bits per heavy atom. The Morgan fingerprint density at radius 2 is 1.15 bits per heavy atom. The first-order valence-electron chi connectivity index (χ1n) is 19.4. The molecule has 2 heterocycles. The molecule has 6 heteroatoms. The second-order valence-electron chi connectivity index (χ2n) is 19.0. The summed E-state index contributed by atoms with van der Waals surface area (Å²) in [6.07, 6.45) is 2.43. The number of nitriles is 1. The summed E-state index contributed by atoms with van der Waals surface area (Å²) < 4.78 is 9.41. The molecule has 0 aliphatic rings. The molecule has 3 nitrogen and oxygen atoms in total. The number of hydrogen-bond donors (Lipinski definition) is 0. The summed E-state index contributed by atoms with van der Waals surface area (Å²) in [6.45, 7) is 33.6. The molecule has 0 unspecified atom stereocenters. The lowest BCUT2D eigenvalue weighted by molar-refractivity contribution is -0.659. The summed E-state index contributed by atoms with van der Waals surface area (Å²) >= 11 is 0. The highest BCUT2D eigenvalue weighted by Gasteiger charge is 2.33. The normalized spacial score (nSPS) is 12.8. The lowest BCUT2D eigenvalue weighted by Crippen LogP contribution is -2.46. The zero-order valence-corrected chi connectivity index (χ0v) is 37.9. The molecule has 0 spiro atoms. The van der Waals surface area contributed by atoms with Crippen molar-refractivity contribution in [3.05, 3.63) is 95.2 Å². The van der Waals surface area contributed by atoms with Crippen LogP contribution in [0.4, 0.5) is 0 Å². The van der Waals surface area contributed by atoms with Crippen LogP contribution in [0.1, 0.15) is 61.8 Å². The predicted octanol–water partition coefficient (Wildman–Crippen LogP) is 11.5. The Balaban J connectivity index is 1.70. The van der Waals surface area contributed by atoms with Gasteiger partial charge in [0.1, 0.15) is 18.2 Å². The topological polar surface area (TPSA) is 40.8 Å². The molecular weight excluding hydrogens is 693 g/mol. The van der Waals surface area contributed by atoms with Crippen LogP contribution >= 0.6 is 0 Å². The maximum absolute atomic E-state index is 10.3. The van der Waals surface area contributed by atoms with E-state index in [-0.39, 0.29) is 0 Å². The Kier molecular flexibility index (Phi) is 9.98. The number of rotatable bonds is 8. The van der Waals surface area contributed by atoms with Gasteiger partial charge in [-0.25, -0.2) is 4.57 Å². The molecule has 53 heavy (non-hydrogen) atoms. The summed E-state index contributed by atoms with van der Waals surface area (Å²) in [5.41, 5.74) is 13.3. The van der Waals surface area contributed by atoms with Gasteiger partial charge in [0.15, 0.2) is 6.20 Å². The summed E-state index contributed by atoms with van der Waals surface area (Å²) in [5.74, 6) is 0.776. The third-order valence-corrected chi connectivity index (χ3v) is 17.2. The average Bonchev–Trinajstić information content (AvgIpc) is 3.44. The lowest BCUT2D eigenvalue weighted by Gasteiger charge is -2.29. The van der Waals surface area contributed by atoms with E-state index in [2.05, 4.69) is 178 Å². The van der Waals surface area contributed by atoms with Gasteiger partial charge in [0, 0.05) is 27.6 Å². The van der Waals surface area contributed by atoms with Gasteiger partial charge in [0.2, 0.25) is 5.69 Å². The number of aromatic nitrogens is 1. The van der Waals surface area contributed by atoms with Crippen molar-refractivity contribution < 1.29 is 8.98 Å². The third-order valence-electron chi connectivity index (χ3n) is 11.1. The minimum Gasteiger partial charge on any atom is -0.454 e. The third kappa shape index (κ3) is 7.04. The van der Waals surface area contributed by atoms with E-state index in [9.17, 15) is 5.26 Å². The van der Waals surface area contributed by atoms with Crippen LogP contribution in [0.5, 0.6) is 0 Å². The van der Waals surface area contributed by atoms with E-state index in [4.69, 9.17) is 4.42 Å². The minimum absolute atomic E-state index is 0.388. The lowest BCUT2D eigenvalue weighted by atomic mass is 9.84. The van der Waals surface area contributed by atoms with Gasteiger partial charge in [-0.2, -0.15) is 5.26 Å². The number of hydrogen-bond acceptors (Lipinski definition) is 2. The molecule has 4 aromatic carbocycles. The molecule has 0 N–H and O–H groups in total. The number of fused-ring (bicyclic) bond motifs is 3. The maximum Gasteiger partial charge on any atom is 0.216 e. The fourth-order valence-corrected chi connectivity index (χ4v) is 11.8. The van der Waals surface area contributed by atoms with Crippen LogP contribution in [0.15, 0.2) is 77.3 Å². The highest BCUT2D eigenvalue weighted by Crippen LogP contribution is 2.43. The Bertz CT molecular complexity index is 2390. The summed E-state index contributed by atoms with van der Waals surface area (Å²) in [6, 6.07) is 27.4. The maximum atomic E-state index is 10.3. The largest absolute Gasteiger partial charge is 0.454 e. The summed E-state index contributed by atoms with van der Waals surface area (Å²) in [7, 11) is -2.65. The van der Waals surface area contributed by atoms with Gasteiger partial charge < -0.3 is 4.42 Å².